The molecule has 308 valence electrons. The molecule has 4 nitrogen and oxygen atoms in total. The van der Waals surface area contributed by atoms with Gasteiger partial charge in [0.05, 0.1) is 39.0 Å². The van der Waals surface area contributed by atoms with Gasteiger partial charge in [-0.15, -0.1) is 11.3 Å². The average Bonchev–Trinajstić information content (AvgIpc) is 4.05. The highest BCUT2D eigenvalue weighted by Crippen LogP contribution is 2.49. The molecular formula is C62H34N4S. The van der Waals surface area contributed by atoms with Gasteiger partial charge in [-0.05, 0) is 90.9 Å². The van der Waals surface area contributed by atoms with E-state index in [9.17, 15) is 0 Å². The van der Waals surface area contributed by atoms with E-state index >= 15 is 0 Å². The molecule has 0 aliphatic rings. The molecule has 0 unspecified atom stereocenters. The molecule has 4 aromatic heterocycles. The second-order valence-corrected chi connectivity index (χ2v) is 19.0. The Balaban J connectivity index is 1.07. The van der Waals surface area contributed by atoms with Crippen molar-refractivity contribution in [2.45, 2.75) is 0 Å². The van der Waals surface area contributed by atoms with Crippen LogP contribution in [0.25, 0.3) is 151 Å². The normalized spacial score (nSPS) is 12.5. The third-order valence-electron chi connectivity index (χ3n) is 14.6. The maximum absolute atomic E-state index is 5.67. The lowest BCUT2D eigenvalue weighted by Crippen LogP contribution is -2.03. The lowest BCUT2D eigenvalue weighted by molar-refractivity contribution is 1.01. The highest BCUT2D eigenvalue weighted by atomic mass is 32.1. The van der Waals surface area contributed by atoms with Gasteiger partial charge >= 0.3 is 0 Å². The zero-order valence-corrected chi connectivity index (χ0v) is 36.6. The summed E-state index contributed by atoms with van der Waals surface area (Å²) < 4.78 is 7.35. The minimum absolute atomic E-state index is 0.661. The van der Waals surface area contributed by atoms with Crippen molar-refractivity contribution in [2.75, 3.05) is 0 Å². The van der Waals surface area contributed by atoms with Crippen LogP contribution in [0.3, 0.4) is 0 Å². The van der Waals surface area contributed by atoms with Crippen molar-refractivity contribution in [1.29, 1.82) is 0 Å². The minimum Gasteiger partial charge on any atom is -0.309 e. The first-order chi connectivity index (χ1) is 33.3. The van der Waals surface area contributed by atoms with Crippen LogP contribution >= 0.6 is 11.3 Å². The van der Waals surface area contributed by atoms with Gasteiger partial charge in [0.2, 0.25) is 5.95 Å². The Morgan fingerprint density at radius 2 is 0.851 bits per heavy atom. The Morgan fingerprint density at radius 3 is 1.60 bits per heavy atom. The maximum Gasteiger partial charge on any atom is 0.235 e. The Bertz CT molecular complexity index is 4810. The highest BCUT2D eigenvalue weighted by Gasteiger charge is 2.25. The van der Waals surface area contributed by atoms with Gasteiger partial charge in [0.25, 0.3) is 0 Å². The summed E-state index contributed by atoms with van der Waals surface area (Å²) in [4.78, 5) is 11.1. The SMILES string of the molecule is c1ccc2c(-n3c4ccccc4c4c5cccc6c7cccc8c7c(cc7c8c8ccccc8n7-c7nc(-c8cccc9c8sc8ccccc89)c8ccccc8n7)c(cc43)c65)cccc2c1. The van der Waals surface area contributed by atoms with E-state index in [1.54, 1.807) is 0 Å². The lowest BCUT2D eigenvalue weighted by Gasteiger charge is -2.18. The van der Waals surface area contributed by atoms with Crippen LogP contribution in [-0.2, 0) is 0 Å². The van der Waals surface area contributed by atoms with E-state index < -0.39 is 0 Å². The number of thiophene rings is 1. The summed E-state index contributed by atoms with van der Waals surface area (Å²) in [5.74, 6) is 0.661. The fraction of sp³-hybridized carbons (Fsp3) is 0. The summed E-state index contributed by atoms with van der Waals surface area (Å²) in [6.45, 7) is 0. The van der Waals surface area contributed by atoms with Gasteiger partial charge in [0.1, 0.15) is 0 Å². The van der Waals surface area contributed by atoms with Crippen LogP contribution in [0.5, 0.6) is 0 Å². The largest absolute Gasteiger partial charge is 0.309 e. The van der Waals surface area contributed by atoms with Crippen molar-refractivity contribution in [3.05, 3.63) is 206 Å². The van der Waals surface area contributed by atoms with E-state index in [-0.39, 0.29) is 0 Å². The van der Waals surface area contributed by atoms with Crippen molar-refractivity contribution in [3.8, 4) is 22.9 Å². The highest BCUT2D eigenvalue weighted by molar-refractivity contribution is 7.26. The molecule has 0 radical (unpaired) electrons. The van der Waals surface area contributed by atoms with Crippen LogP contribution in [0, 0.1) is 0 Å². The third-order valence-corrected chi connectivity index (χ3v) is 15.8. The Labute approximate surface area is 386 Å². The molecule has 12 aromatic carbocycles. The zero-order valence-electron chi connectivity index (χ0n) is 35.8. The van der Waals surface area contributed by atoms with Crippen LogP contribution in [0.2, 0.25) is 0 Å². The Morgan fingerprint density at radius 1 is 0.328 bits per heavy atom. The lowest BCUT2D eigenvalue weighted by atomic mass is 9.87. The summed E-state index contributed by atoms with van der Waals surface area (Å²) >= 11 is 1.84. The number of benzene rings is 12. The fourth-order valence-corrected chi connectivity index (χ4v) is 13.2. The van der Waals surface area contributed by atoms with Gasteiger partial charge in [-0.1, -0.05) is 164 Å². The fourth-order valence-electron chi connectivity index (χ4n) is 11.9. The molecule has 0 amide bonds. The second kappa shape index (κ2) is 13.0. The smallest absolute Gasteiger partial charge is 0.235 e. The number of rotatable bonds is 3. The summed E-state index contributed by atoms with van der Waals surface area (Å²) in [5.41, 5.74) is 8.72. The predicted molar refractivity (Wildman–Crippen MR) is 285 cm³/mol. The molecule has 16 rings (SSSR count). The van der Waals surface area contributed by atoms with E-state index in [4.69, 9.17) is 9.97 Å². The number of fused-ring (bicyclic) bond motifs is 15. The van der Waals surface area contributed by atoms with Gasteiger partial charge < -0.3 is 4.57 Å². The summed E-state index contributed by atoms with van der Waals surface area (Å²) in [7, 11) is 0. The molecule has 4 heterocycles. The van der Waals surface area contributed by atoms with E-state index in [0.29, 0.717) is 5.95 Å². The first-order valence-corrected chi connectivity index (χ1v) is 23.7. The molecule has 16 aromatic rings. The molecule has 0 saturated carbocycles. The van der Waals surface area contributed by atoms with Crippen molar-refractivity contribution in [3.63, 3.8) is 0 Å². The van der Waals surface area contributed by atoms with Gasteiger partial charge in [-0.3, -0.25) is 4.57 Å². The van der Waals surface area contributed by atoms with Crippen LogP contribution in [0.15, 0.2) is 206 Å². The Kier molecular flexibility index (Phi) is 6.93. The third kappa shape index (κ3) is 4.65. The second-order valence-electron chi connectivity index (χ2n) is 18.0. The molecule has 0 aliphatic heterocycles. The predicted octanol–water partition coefficient (Wildman–Crippen LogP) is 17.1. The molecule has 0 atom stereocenters. The van der Waals surface area contributed by atoms with E-state index in [2.05, 4.69) is 215 Å². The molecule has 67 heavy (non-hydrogen) atoms. The molecule has 0 fully saturated rings. The van der Waals surface area contributed by atoms with Crippen LogP contribution in [0.1, 0.15) is 0 Å². The first-order valence-electron chi connectivity index (χ1n) is 22.9. The number of para-hydroxylation sites is 3. The van der Waals surface area contributed by atoms with Gasteiger partial charge in [0, 0.05) is 58.1 Å². The number of nitrogens with zero attached hydrogens (tertiary/aromatic N) is 4. The summed E-state index contributed by atoms with van der Waals surface area (Å²) in [6, 6.07) is 75.8. The Hall–Kier alpha value is -8.64. The van der Waals surface area contributed by atoms with Gasteiger partial charge in [0.15, 0.2) is 0 Å². The quantitative estimate of drug-likeness (QED) is 0.131. The number of aromatic nitrogens is 4. The molecule has 0 aliphatic carbocycles. The molecule has 0 saturated heterocycles. The van der Waals surface area contributed by atoms with Crippen LogP contribution < -0.4 is 0 Å². The van der Waals surface area contributed by atoms with E-state index in [1.807, 2.05) is 11.3 Å². The monoisotopic (exact) mass is 866 g/mol. The van der Waals surface area contributed by atoms with Crippen molar-refractivity contribution < 1.29 is 0 Å². The number of hydrogen-bond donors (Lipinski definition) is 0. The molecule has 0 spiro atoms. The van der Waals surface area contributed by atoms with Crippen LogP contribution in [-0.4, -0.2) is 19.1 Å². The molecule has 0 N–H and O–H groups in total. The van der Waals surface area contributed by atoms with Crippen molar-refractivity contribution in [2.24, 2.45) is 0 Å². The standard InChI is InChI=1S/C62H34N4S/c1-2-17-36-35(15-1)16-11-31-50(36)65-51-29-8-4-20-42(51)58-44-25-12-22-38-39-23-13-26-45-57(39)48(47(56(38)44)33-53(58)65)34-54-59(45)43-21-5-9-30-52(43)66(54)62-63-49-28-7-3-19-41(49)60(64-62)46-27-14-24-40-37-18-6-10-32-55(37)67-61(40)46/h1-34H. The topological polar surface area (TPSA) is 35.6 Å². The first kappa shape index (κ1) is 35.7. The van der Waals surface area contributed by atoms with Gasteiger partial charge in [-0.25, -0.2) is 9.97 Å². The van der Waals surface area contributed by atoms with E-state index in [1.165, 1.54) is 112 Å². The molecular weight excluding hydrogens is 833 g/mol. The maximum atomic E-state index is 5.67. The van der Waals surface area contributed by atoms with Crippen molar-refractivity contribution in [1.82, 2.24) is 19.1 Å². The summed E-state index contributed by atoms with van der Waals surface area (Å²) in [5, 5.41) is 21.0. The average molecular weight is 867 g/mol. The summed E-state index contributed by atoms with van der Waals surface area (Å²) in [6.07, 6.45) is 0. The zero-order chi connectivity index (χ0) is 43.5. The molecule has 0 bridgehead atoms. The van der Waals surface area contributed by atoms with Crippen molar-refractivity contribution >= 4 is 140 Å². The minimum atomic E-state index is 0.661. The number of hydrogen-bond acceptors (Lipinski definition) is 3. The van der Waals surface area contributed by atoms with E-state index in [0.717, 1.165) is 33.2 Å². The van der Waals surface area contributed by atoms with Crippen LogP contribution in [0.4, 0.5) is 0 Å². The molecule has 5 heteroatoms. The van der Waals surface area contributed by atoms with Gasteiger partial charge in [-0.2, -0.15) is 0 Å².